The van der Waals surface area contributed by atoms with Gasteiger partial charge in [-0.25, -0.2) is 4.99 Å². The van der Waals surface area contributed by atoms with Gasteiger partial charge in [0.2, 0.25) is 0 Å². The van der Waals surface area contributed by atoms with Crippen molar-refractivity contribution in [2.75, 3.05) is 13.7 Å². The Kier molecular flexibility index (Phi) is 8.91. The first-order valence-corrected chi connectivity index (χ1v) is 8.43. The lowest BCUT2D eigenvalue weighted by atomic mass is 10.2. The van der Waals surface area contributed by atoms with Gasteiger partial charge in [-0.05, 0) is 48.6 Å². The summed E-state index contributed by atoms with van der Waals surface area (Å²) in [5, 5.41) is 18.5. The molecule has 0 aliphatic heterocycles. The topological polar surface area (TPSA) is 65.9 Å². The molecular weight excluding hydrogens is 437 g/mol. The number of aryl methyl sites for hydroxylation is 1. The summed E-state index contributed by atoms with van der Waals surface area (Å²) in [5.74, 6) is 1.36. The van der Waals surface area contributed by atoms with Crippen LogP contribution in [0.1, 0.15) is 22.9 Å². The molecule has 24 heavy (non-hydrogen) atoms. The molecule has 0 bridgehead atoms. The summed E-state index contributed by atoms with van der Waals surface area (Å²) in [6.07, 6.45) is 0. The van der Waals surface area contributed by atoms with Crippen molar-refractivity contribution in [2.24, 2.45) is 4.99 Å². The molecule has 1 aromatic heterocycles. The SMILES string of the molecule is CCNC(=NCc1ccc(OC)c(O)c1)NCc1sccc1C.I. The number of guanidine groups is 1. The third-order valence-electron chi connectivity index (χ3n) is 3.39. The zero-order chi connectivity index (χ0) is 16.7. The van der Waals surface area contributed by atoms with Crippen molar-refractivity contribution in [2.45, 2.75) is 26.9 Å². The second-order valence-corrected chi connectivity index (χ2v) is 6.08. The lowest BCUT2D eigenvalue weighted by Crippen LogP contribution is -2.36. The van der Waals surface area contributed by atoms with E-state index >= 15 is 0 Å². The highest BCUT2D eigenvalue weighted by atomic mass is 127. The second kappa shape index (κ2) is 10.4. The van der Waals surface area contributed by atoms with E-state index in [2.05, 4.69) is 34.0 Å². The molecule has 0 spiro atoms. The van der Waals surface area contributed by atoms with Gasteiger partial charge >= 0.3 is 0 Å². The largest absolute Gasteiger partial charge is 0.504 e. The monoisotopic (exact) mass is 461 g/mol. The first-order chi connectivity index (χ1) is 11.1. The summed E-state index contributed by atoms with van der Waals surface area (Å²) >= 11 is 1.74. The molecule has 2 rings (SSSR count). The van der Waals surface area contributed by atoms with Crippen molar-refractivity contribution in [1.29, 1.82) is 0 Å². The smallest absolute Gasteiger partial charge is 0.191 e. The zero-order valence-electron chi connectivity index (χ0n) is 14.1. The number of ether oxygens (including phenoxy) is 1. The normalized spacial score (nSPS) is 10.9. The average Bonchev–Trinajstić information content (AvgIpc) is 2.95. The van der Waals surface area contributed by atoms with Crippen LogP contribution in [-0.2, 0) is 13.1 Å². The molecule has 0 atom stereocenters. The highest BCUT2D eigenvalue weighted by molar-refractivity contribution is 14.0. The number of aromatic hydroxyl groups is 1. The molecule has 5 nitrogen and oxygen atoms in total. The van der Waals surface area contributed by atoms with E-state index in [4.69, 9.17) is 4.74 Å². The van der Waals surface area contributed by atoms with Gasteiger partial charge in [0.05, 0.1) is 20.2 Å². The van der Waals surface area contributed by atoms with Gasteiger partial charge in [-0.2, -0.15) is 0 Å². The van der Waals surface area contributed by atoms with Gasteiger partial charge in [0.15, 0.2) is 17.5 Å². The molecule has 1 heterocycles. The summed E-state index contributed by atoms with van der Waals surface area (Å²) in [5.41, 5.74) is 2.21. The molecule has 0 unspecified atom stereocenters. The molecule has 0 radical (unpaired) electrons. The van der Waals surface area contributed by atoms with Crippen molar-refractivity contribution in [1.82, 2.24) is 10.6 Å². The van der Waals surface area contributed by atoms with E-state index in [1.54, 1.807) is 23.5 Å². The van der Waals surface area contributed by atoms with Crippen LogP contribution in [0.4, 0.5) is 0 Å². The van der Waals surface area contributed by atoms with E-state index in [0.29, 0.717) is 12.3 Å². The third kappa shape index (κ3) is 5.86. The van der Waals surface area contributed by atoms with E-state index in [1.807, 2.05) is 13.0 Å². The molecule has 132 valence electrons. The van der Waals surface area contributed by atoms with Crippen molar-refractivity contribution in [3.05, 3.63) is 45.6 Å². The standard InChI is InChI=1S/C17H23N3O2S.HI/c1-4-18-17(20-11-16-12(2)7-8-23-16)19-10-13-5-6-15(22-3)14(21)9-13;/h5-9,21H,4,10-11H2,1-3H3,(H2,18,19,20);1H. The fourth-order valence-electron chi connectivity index (χ4n) is 2.10. The number of rotatable bonds is 6. The molecule has 0 amide bonds. The number of thiophene rings is 1. The number of hydrogen-bond acceptors (Lipinski definition) is 4. The van der Waals surface area contributed by atoms with Crippen molar-refractivity contribution in [3.8, 4) is 11.5 Å². The minimum Gasteiger partial charge on any atom is -0.504 e. The van der Waals surface area contributed by atoms with Gasteiger partial charge in [-0.15, -0.1) is 35.3 Å². The molecule has 0 aliphatic carbocycles. The minimum atomic E-state index is 0. The van der Waals surface area contributed by atoms with Gasteiger partial charge in [0, 0.05) is 11.4 Å². The molecule has 0 saturated heterocycles. The Balaban J connectivity index is 0.00000288. The molecule has 3 N–H and O–H groups in total. The van der Waals surface area contributed by atoms with Crippen LogP contribution in [-0.4, -0.2) is 24.7 Å². The van der Waals surface area contributed by atoms with Crippen LogP contribution in [0.2, 0.25) is 0 Å². The number of halogens is 1. The van der Waals surface area contributed by atoms with Gasteiger partial charge in [-0.3, -0.25) is 0 Å². The Bertz CT molecular complexity index is 674. The molecule has 0 fully saturated rings. The maximum atomic E-state index is 9.82. The lowest BCUT2D eigenvalue weighted by Gasteiger charge is -2.11. The minimum absolute atomic E-state index is 0. The van der Waals surface area contributed by atoms with Crippen LogP contribution in [0, 0.1) is 6.92 Å². The zero-order valence-corrected chi connectivity index (χ0v) is 17.3. The van der Waals surface area contributed by atoms with Crippen molar-refractivity contribution in [3.63, 3.8) is 0 Å². The summed E-state index contributed by atoms with van der Waals surface area (Å²) in [6, 6.07) is 7.44. The molecule has 2 aromatic rings. The molecule has 7 heteroatoms. The predicted octanol–water partition coefficient (Wildman–Crippen LogP) is 3.64. The Hall–Kier alpha value is -1.48. The van der Waals surface area contributed by atoms with E-state index in [9.17, 15) is 5.11 Å². The molecule has 0 aliphatic rings. The summed E-state index contributed by atoms with van der Waals surface area (Å²) in [6.45, 7) is 6.17. The first-order valence-electron chi connectivity index (χ1n) is 7.55. The van der Waals surface area contributed by atoms with Crippen LogP contribution in [0.3, 0.4) is 0 Å². The molecule has 0 saturated carbocycles. The quantitative estimate of drug-likeness (QED) is 0.349. The van der Waals surface area contributed by atoms with E-state index < -0.39 is 0 Å². The van der Waals surface area contributed by atoms with Crippen LogP contribution >= 0.6 is 35.3 Å². The first kappa shape index (κ1) is 20.6. The number of methoxy groups -OCH3 is 1. The number of phenolic OH excluding ortho intramolecular Hbond substituents is 1. The third-order valence-corrected chi connectivity index (χ3v) is 4.41. The Morgan fingerprint density at radius 3 is 2.67 bits per heavy atom. The van der Waals surface area contributed by atoms with Gasteiger partial charge in [0.1, 0.15) is 0 Å². The van der Waals surface area contributed by atoms with Crippen LogP contribution < -0.4 is 15.4 Å². The fraction of sp³-hybridized carbons (Fsp3) is 0.353. The Labute approximate surface area is 164 Å². The Morgan fingerprint density at radius 1 is 1.29 bits per heavy atom. The number of hydrogen-bond donors (Lipinski definition) is 3. The highest BCUT2D eigenvalue weighted by Crippen LogP contribution is 2.26. The Morgan fingerprint density at radius 2 is 2.08 bits per heavy atom. The van der Waals surface area contributed by atoms with Crippen LogP contribution in [0.25, 0.3) is 0 Å². The maximum absolute atomic E-state index is 9.82. The fourth-order valence-corrected chi connectivity index (χ4v) is 2.94. The predicted molar refractivity (Wildman–Crippen MR) is 111 cm³/mol. The van der Waals surface area contributed by atoms with Crippen LogP contribution in [0.15, 0.2) is 34.6 Å². The molecule has 1 aromatic carbocycles. The van der Waals surface area contributed by atoms with Crippen molar-refractivity contribution < 1.29 is 9.84 Å². The maximum Gasteiger partial charge on any atom is 0.191 e. The summed E-state index contributed by atoms with van der Waals surface area (Å²) in [7, 11) is 1.53. The highest BCUT2D eigenvalue weighted by Gasteiger charge is 2.04. The van der Waals surface area contributed by atoms with E-state index in [-0.39, 0.29) is 29.7 Å². The number of aliphatic imine (C=N–C) groups is 1. The van der Waals surface area contributed by atoms with E-state index in [0.717, 1.165) is 24.6 Å². The summed E-state index contributed by atoms with van der Waals surface area (Å²) < 4.78 is 5.05. The lowest BCUT2D eigenvalue weighted by molar-refractivity contribution is 0.373. The molecular formula is C17H24IN3O2S. The second-order valence-electron chi connectivity index (χ2n) is 5.08. The van der Waals surface area contributed by atoms with Gasteiger partial charge < -0.3 is 20.5 Å². The average molecular weight is 461 g/mol. The van der Waals surface area contributed by atoms with Gasteiger partial charge in [0.25, 0.3) is 0 Å². The number of phenols is 1. The summed E-state index contributed by atoms with van der Waals surface area (Å²) in [4.78, 5) is 5.86. The number of nitrogens with one attached hydrogen (secondary N) is 2. The van der Waals surface area contributed by atoms with Crippen LogP contribution in [0.5, 0.6) is 11.5 Å². The van der Waals surface area contributed by atoms with Gasteiger partial charge in [-0.1, -0.05) is 6.07 Å². The van der Waals surface area contributed by atoms with E-state index in [1.165, 1.54) is 17.6 Å². The number of nitrogens with zero attached hydrogens (tertiary/aromatic N) is 1. The van der Waals surface area contributed by atoms with Crippen molar-refractivity contribution >= 4 is 41.3 Å². The number of benzene rings is 1.